The van der Waals surface area contributed by atoms with Gasteiger partial charge in [-0.1, -0.05) is 35.9 Å². The van der Waals surface area contributed by atoms with Crippen LogP contribution in [0.4, 0.5) is 0 Å². The largest absolute Gasteiger partial charge is 0.349 e. The van der Waals surface area contributed by atoms with Crippen molar-refractivity contribution < 1.29 is 4.79 Å². The number of carbonyl (C=O) groups is 1. The lowest BCUT2D eigenvalue weighted by Crippen LogP contribution is -2.34. The highest BCUT2D eigenvalue weighted by Crippen LogP contribution is 2.18. The third-order valence-corrected chi connectivity index (χ3v) is 4.16. The number of thiophene rings is 1. The van der Waals surface area contributed by atoms with E-state index in [1.165, 1.54) is 22.5 Å². The molecule has 106 valence electrons. The van der Waals surface area contributed by atoms with Crippen molar-refractivity contribution in [3.8, 4) is 0 Å². The minimum Gasteiger partial charge on any atom is -0.349 e. The summed E-state index contributed by atoms with van der Waals surface area (Å²) in [7, 11) is 4.06. The van der Waals surface area contributed by atoms with Crippen molar-refractivity contribution >= 4 is 17.2 Å². The quantitative estimate of drug-likeness (QED) is 0.917. The molecule has 4 heteroatoms. The van der Waals surface area contributed by atoms with Crippen LogP contribution in [0.15, 0.2) is 41.8 Å². The van der Waals surface area contributed by atoms with Crippen LogP contribution >= 0.6 is 11.3 Å². The lowest BCUT2D eigenvalue weighted by molar-refractivity contribution is 0.0946. The zero-order chi connectivity index (χ0) is 14.5. The minimum atomic E-state index is -0.000961. The molecular weight excluding hydrogens is 268 g/mol. The second kappa shape index (κ2) is 6.68. The highest BCUT2D eigenvalue weighted by molar-refractivity contribution is 7.12. The maximum Gasteiger partial charge on any atom is 0.261 e. The monoisotopic (exact) mass is 288 g/mol. The van der Waals surface area contributed by atoms with Crippen LogP contribution < -0.4 is 5.32 Å². The lowest BCUT2D eigenvalue weighted by Gasteiger charge is -2.25. The summed E-state index contributed by atoms with van der Waals surface area (Å²) in [6.07, 6.45) is 0. The number of hydrogen-bond donors (Lipinski definition) is 1. The summed E-state index contributed by atoms with van der Waals surface area (Å²) in [5, 5.41) is 4.92. The molecule has 0 fully saturated rings. The van der Waals surface area contributed by atoms with E-state index in [2.05, 4.69) is 41.4 Å². The van der Waals surface area contributed by atoms with E-state index in [9.17, 15) is 4.79 Å². The average molecular weight is 288 g/mol. The summed E-state index contributed by atoms with van der Waals surface area (Å²) in [4.78, 5) is 14.9. The van der Waals surface area contributed by atoms with Crippen LogP contribution in [0, 0.1) is 6.92 Å². The molecule has 0 spiro atoms. The summed E-state index contributed by atoms with van der Waals surface area (Å²) >= 11 is 1.46. The smallest absolute Gasteiger partial charge is 0.261 e. The van der Waals surface area contributed by atoms with Gasteiger partial charge >= 0.3 is 0 Å². The van der Waals surface area contributed by atoms with Gasteiger partial charge in [-0.05, 0) is 38.0 Å². The molecule has 1 heterocycles. The third-order valence-electron chi connectivity index (χ3n) is 3.29. The first-order valence-electron chi connectivity index (χ1n) is 6.62. The molecule has 0 aliphatic rings. The van der Waals surface area contributed by atoms with Gasteiger partial charge in [0.1, 0.15) is 0 Å². The number of carbonyl (C=O) groups excluding carboxylic acids is 1. The van der Waals surface area contributed by atoms with E-state index < -0.39 is 0 Å². The average Bonchev–Trinajstić information content (AvgIpc) is 2.94. The second-order valence-electron chi connectivity index (χ2n) is 5.08. The molecule has 1 unspecified atom stereocenters. The first-order valence-corrected chi connectivity index (χ1v) is 7.50. The summed E-state index contributed by atoms with van der Waals surface area (Å²) in [5.41, 5.74) is 2.46. The van der Waals surface area contributed by atoms with Crippen molar-refractivity contribution in [2.45, 2.75) is 13.0 Å². The normalized spacial score (nSPS) is 12.4. The van der Waals surface area contributed by atoms with Gasteiger partial charge < -0.3 is 10.2 Å². The van der Waals surface area contributed by atoms with E-state index in [-0.39, 0.29) is 11.9 Å². The van der Waals surface area contributed by atoms with Gasteiger partial charge in [0.15, 0.2) is 0 Å². The number of likely N-dealkylation sites (N-methyl/N-ethyl adjacent to an activating group) is 1. The van der Waals surface area contributed by atoms with Crippen LogP contribution in [-0.4, -0.2) is 31.4 Å². The van der Waals surface area contributed by atoms with Crippen molar-refractivity contribution in [1.82, 2.24) is 10.2 Å². The first-order chi connectivity index (χ1) is 9.58. The fraction of sp³-hybridized carbons (Fsp3) is 0.312. The topological polar surface area (TPSA) is 32.3 Å². The Morgan fingerprint density at radius 2 is 1.95 bits per heavy atom. The van der Waals surface area contributed by atoms with Crippen LogP contribution in [0.25, 0.3) is 0 Å². The molecule has 0 aliphatic heterocycles. The van der Waals surface area contributed by atoms with E-state index in [0.717, 1.165) is 4.88 Å². The molecule has 0 aliphatic carbocycles. The Labute approximate surface area is 124 Å². The fourth-order valence-electron chi connectivity index (χ4n) is 2.07. The Morgan fingerprint density at radius 3 is 2.50 bits per heavy atom. The first kappa shape index (κ1) is 14.8. The van der Waals surface area contributed by atoms with Crippen LogP contribution in [0.3, 0.4) is 0 Å². The molecule has 20 heavy (non-hydrogen) atoms. The van der Waals surface area contributed by atoms with Crippen LogP contribution in [-0.2, 0) is 0 Å². The molecule has 1 amide bonds. The van der Waals surface area contributed by atoms with Crippen molar-refractivity contribution in [2.24, 2.45) is 0 Å². The van der Waals surface area contributed by atoms with E-state index in [0.29, 0.717) is 6.54 Å². The SMILES string of the molecule is Cc1ccc(C(CNC(=O)c2cccs2)N(C)C)cc1. The van der Waals surface area contributed by atoms with E-state index in [4.69, 9.17) is 0 Å². The van der Waals surface area contributed by atoms with Gasteiger partial charge in [0.25, 0.3) is 5.91 Å². The highest BCUT2D eigenvalue weighted by Gasteiger charge is 2.16. The molecule has 1 aromatic heterocycles. The Hall–Kier alpha value is -1.65. The van der Waals surface area contributed by atoms with Crippen molar-refractivity contribution in [1.29, 1.82) is 0 Å². The van der Waals surface area contributed by atoms with Gasteiger partial charge in [-0.25, -0.2) is 0 Å². The van der Waals surface area contributed by atoms with E-state index in [1.54, 1.807) is 0 Å². The maximum absolute atomic E-state index is 12.0. The second-order valence-corrected chi connectivity index (χ2v) is 6.03. The van der Waals surface area contributed by atoms with Crippen molar-refractivity contribution in [3.63, 3.8) is 0 Å². The molecule has 2 aromatic rings. The molecule has 2 rings (SSSR count). The lowest BCUT2D eigenvalue weighted by atomic mass is 10.0. The summed E-state index contributed by atoms with van der Waals surface area (Å²) in [5.74, 6) is -0.000961. The molecule has 0 saturated heterocycles. The van der Waals surface area contributed by atoms with Gasteiger partial charge in [-0.3, -0.25) is 4.79 Å². The maximum atomic E-state index is 12.0. The van der Waals surface area contributed by atoms with Gasteiger partial charge in [0, 0.05) is 6.54 Å². The standard InChI is InChI=1S/C16H20N2OS/c1-12-6-8-13(9-7-12)14(18(2)3)11-17-16(19)15-5-4-10-20-15/h4-10,14H,11H2,1-3H3,(H,17,19). The predicted molar refractivity (Wildman–Crippen MR) is 84.3 cm³/mol. The van der Waals surface area contributed by atoms with Crippen LogP contribution in [0.1, 0.15) is 26.8 Å². The highest BCUT2D eigenvalue weighted by atomic mass is 32.1. The third kappa shape index (κ3) is 3.68. The zero-order valence-electron chi connectivity index (χ0n) is 12.1. The molecule has 0 saturated carbocycles. The van der Waals surface area contributed by atoms with Crippen LogP contribution in [0.5, 0.6) is 0 Å². The van der Waals surface area contributed by atoms with Crippen molar-refractivity contribution in [3.05, 3.63) is 57.8 Å². The number of hydrogen-bond acceptors (Lipinski definition) is 3. The number of nitrogens with zero attached hydrogens (tertiary/aromatic N) is 1. The fourth-order valence-corrected chi connectivity index (χ4v) is 2.71. The minimum absolute atomic E-state index is 0.000961. The number of aryl methyl sites for hydroxylation is 1. The predicted octanol–water partition coefficient (Wildman–Crippen LogP) is 3.09. The number of amides is 1. The molecule has 1 aromatic carbocycles. The number of nitrogens with one attached hydrogen (secondary N) is 1. The molecule has 3 nitrogen and oxygen atoms in total. The summed E-state index contributed by atoms with van der Waals surface area (Å²) in [6.45, 7) is 2.68. The van der Waals surface area contributed by atoms with Crippen LogP contribution in [0.2, 0.25) is 0 Å². The van der Waals surface area contributed by atoms with Crippen molar-refractivity contribution in [2.75, 3.05) is 20.6 Å². The van der Waals surface area contributed by atoms with E-state index in [1.807, 2.05) is 31.6 Å². The molecule has 1 atom stereocenters. The molecule has 0 bridgehead atoms. The zero-order valence-corrected chi connectivity index (χ0v) is 12.9. The molecule has 1 N–H and O–H groups in total. The Kier molecular flexibility index (Phi) is 4.93. The summed E-state index contributed by atoms with van der Waals surface area (Å²) < 4.78 is 0. The number of benzene rings is 1. The van der Waals surface area contributed by atoms with Gasteiger partial charge in [0.2, 0.25) is 0 Å². The Morgan fingerprint density at radius 1 is 1.25 bits per heavy atom. The Balaban J connectivity index is 2.03. The van der Waals surface area contributed by atoms with Gasteiger partial charge in [-0.15, -0.1) is 11.3 Å². The Bertz CT molecular complexity index is 546. The van der Waals surface area contributed by atoms with Gasteiger partial charge in [-0.2, -0.15) is 0 Å². The van der Waals surface area contributed by atoms with E-state index >= 15 is 0 Å². The molecule has 0 radical (unpaired) electrons. The van der Waals surface area contributed by atoms with Gasteiger partial charge in [0.05, 0.1) is 10.9 Å². The molecular formula is C16H20N2OS. The summed E-state index contributed by atoms with van der Waals surface area (Å²) in [6, 6.07) is 12.4. The number of rotatable bonds is 5.